The quantitative estimate of drug-likeness (QED) is 0.873. The third-order valence-electron chi connectivity index (χ3n) is 3.23. The molecule has 2 aliphatic heterocycles. The Hall–Kier alpha value is -1.27. The Bertz CT molecular complexity index is 460. The molecule has 0 bridgehead atoms. The van der Waals surface area contributed by atoms with Crippen LogP contribution in [-0.4, -0.2) is 43.2 Å². The summed E-state index contributed by atoms with van der Waals surface area (Å²) >= 11 is 1.63. The molecule has 0 saturated carbocycles. The molecule has 0 aromatic carbocycles. The van der Waals surface area contributed by atoms with Gasteiger partial charge in [-0.05, 0) is 0 Å². The van der Waals surface area contributed by atoms with E-state index in [1.165, 1.54) is 0 Å². The van der Waals surface area contributed by atoms with Crippen molar-refractivity contribution >= 4 is 17.2 Å². The van der Waals surface area contributed by atoms with Crippen LogP contribution in [0.15, 0.2) is 5.38 Å². The number of likely N-dealkylation sites (tertiary alicyclic amines) is 1. The largest absolute Gasteiger partial charge is 0.485 e. The first-order chi connectivity index (χ1) is 8.74. The third kappa shape index (κ3) is 2.18. The number of hydrogen-bond acceptors (Lipinski definition) is 5. The first-order valence-corrected chi connectivity index (χ1v) is 7.01. The van der Waals surface area contributed by atoms with Crippen LogP contribution in [-0.2, 0) is 11.2 Å². The SMILES string of the molecule is NC1CC(=O)N(CCc2scc3c2OCCO3)C1. The summed E-state index contributed by atoms with van der Waals surface area (Å²) < 4.78 is 11.1. The van der Waals surface area contributed by atoms with Crippen LogP contribution >= 0.6 is 11.3 Å². The monoisotopic (exact) mass is 268 g/mol. The second-order valence-corrected chi connectivity index (χ2v) is 5.57. The van der Waals surface area contributed by atoms with E-state index in [9.17, 15) is 4.79 Å². The molecule has 18 heavy (non-hydrogen) atoms. The van der Waals surface area contributed by atoms with Crippen molar-refractivity contribution in [3.05, 3.63) is 10.3 Å². The lowest BCUT2D eigenvalue weighted by Crippen LogP contribution is -2.30. The molecule has 3 heterocycles. The van der Waals surface area contributed by atoms with Gasteiger partial charge < -0.3 is 20.1 Å². The zero-order valence-electron chi connectivity index (χ0n) is 10.1. The summed E-state index contributed by atoms with van der Waals surface area (Å²) in [6.45, 7) is 2.60. The molecule has 1 fully saturated rings. The predicted octanol–water partition coefficient (Wildman–Crippen LogP) is 0.621. The smallest absolute Gasteiger partial charge is 0.224 e. The summed E-state index contributed by atoms with van der Waals surface area (Å²) in [4.78, 5) is 14.6. The van der Waals surface area contributed by atoms with E-state index in [0.717, 1.165) is 22.8 Å². The molecule has 2 aliphatic rings. The van der Waals surface area contributed by atoms with Gasteiger partial charge in [0.25, 0.3) is 0 Å². The van der Waals surface area contributed by atoms with E-state index in [1.807, 2.05) is 10.3 Å². The minimum absolute atomic E-state index is 0.00525. The highest BCUT2D eigenvalue weighted by molar-refractivity contribution is 7.10. The first kappa shape index (κ1) is 11.8. The van der Waals surface area contributed by atoms with Crippen molar-refractivity contribution in [2.45, 2.75) is 18.9 Å². The molecule has 2 N–H and O–H groups in total. The Morgan fingerprint density at radius 3 is 3.06 bits per heavy atom. The van der Waals surface area contributed by atoms with Crippen LogP contribution in [0.1, 0.15) is 11.3 Å². The van der Waals surface area contributed by atoms with Gasteiger partial charge in [0.1, 0.15) is 13.2 Å². The van der Waals surface area contributed by atoms with Crippen molar-refractivity contribution in [2.75, 3.05) is 26.3 Å². The molecular formula is C12H16N2O3S. The molecule has 0 aliphatic carbocycles. The molecule has 0 spiro atoms. The lowest BCUT2D eigenvalue weighted by Gasteiger charge is -2.18. The molecule has 0 radical (unpaired) electrons. The number of fused-ring (bicyclic) bond motifs is 1. The maximum Gasteiger partial charge on any atom is 0.224 e. The van der Waals surface area contributed by atoms with Crippen LogP contribution in [0, 0.1) is 0 Å². The molecule has 98 valence electrons. The number of amides is 1. The van der Waals surface area contributed by atoms with Crippen LogP contribution in [0.4, 0.5) is 0 Å². The highest BCUT2D eigenvalue weighted by Crippen LogP contribution is 2.39. The summed E-state index contributed by atoms with van der Waals surface area (Å²) in [6, 6.07) is -0.00525. The van der Waals surface area contributed by atoms with Crippen molar-refractivity contribution in [2.24, 2.45) is 5.73 Å². The number of ether oxygens (including phenoxy) is 2. The number of carbonyl (C=O) groups is 1. The predicted molar refractivity (Wildman–Crippen MR) is 68.2 cm³/mol. The molecule has 3 rings (SSSR count). The van der Waals surface area contributed by atoms with Crippen molar-refractivity contribution in [1.29, 1.82) is 0 Å². The third-order valence-corrected chi connectivity index (χ3v) is 4.23. The van der Waals surface area contributed by atoms with E-state index in [1.54, 1.807) is 11.3 Å². The molecule has 1 aromatic heterocycles. The molecule has 1 amide bonds. The Balaban J connectivity index is 1.63. The minimum Gasteiger partial charge on any atom is -0.485 e. The maximum absolute atomic E-state index is 11.6. The number of hydrogen-bond donors (Lipinski definition) is 1. The van der Waals surface area contributed by atoms with Crippen molar-refractivity contribution < 1.29 is 14.3 Å². The van der Waals surface area contributed by atoms with Gasteiger partial charge in [-0.2, -0.15) is 0 Å². The van der Waals surface area contributed by atoms with Gasteiger partial charge in [-0.25, -0.2) is 0 Å². The molecular weight excluding hydrogens is 252 g/mol. The lowest BCUT2D eigenvalue weighted by atomic mass is 10.3. The van der Waals surface area contributed by atoms with Crippen LogP contribution in [0.5, 0.6) is 11.5 Å². The Labute approximate surface area is 109 Å². The average molecular weight is 268 g/mol. The van der Waals surface area contributed by atoms with E-state index in [2.05, 4.69) is 0 Å². The number of nitrogens with zero attached hydrogens (tertiary/aromatic N) is 1. The van der Waals surface area contributed by atoms with E-state index < -0.39 is 0 Å². The van der Waals surface area contributed by atoms with Crippen LogP contribution in [0.2, 0.25) is 0 Å². The van der Waals surface area contributed by atoms with Crippen LogP contribution < -0.4 is 15.2 Å². The Morgan fingerprint density at radius 1 is 1.44 bits per heavy atom. The normalized spacial score (nSPS) is 22.6. The van der Waals surface area contributed by atoms with E-state index >= 15 is 0 Å². The van der Waals surface area contributed by atoms with Gasteiger partial charge in [-0.15, -0.1) is 11.3 Å². The van der Waals surface area contributed by atoms with E-state index in [4.69, 9.17) is 15.2 Å². The Morgan fingerprint density at radius 2 is 2.28 bits per heavy atom. The fraction of sp³-hybridized carbons (Fsp3) is 0.583. The van der Waals surface area contributed by atoms with Gasteiger partial charge in [0.05, 0.1) is 4.88 Å². The number of nitrogens with two attached hydrogens (primary N) is 1. The van der Waals surface area contributed by atoms with Gasteiger partial charge in [0.2, 0.25) is 5.91 Å². The van der Waals surface area contributed by atoms with Gasteiger partial charge >= 0.3 is 0 Å². The van der Waals surface area contributed by atoms with Crippen molar-refractivity contribution in [3.63, 3.8) is 0 Å². The highest BCUT2D eigenvalue weighted by Gasteiger charge is 2.27. The zero-order chi connectivity index (χ0) is 12.5. The second-order valence-electron chi connectivity index (χ2n) is 4.60. The molecule has 1 saturated heterocycles. The van der Waals surface area contributed by atoms with Crippen LogP contribution in [0.25, 0.3) is 0 Å². The van der Waals surface area contributed by atoms with Crippen molar-refractivity contribution in [3.8, 4) is 11.5 Å². The molecule has 1 atom stereocenters. The fourth-order valence-corrected chi connectivity index (χ4v) is 3.24. The number of rotatable bonds is 3. The van der Waals surface area contributed by atoms with Crippen molar-refractivity contribution in [1.82, 2.24) is 4.90 Å². The molecule has 1 unspecified atom stereocenters. The van der Waals surface area contributed by atoms with E-state index in [-0.39, 0.29) is 11.9 Å². The van der Waals surface area contributed by atoms with Crippen LogP contribution in [0.3, 0.4) is 0 Å². The summed E-state index contributed by atoms with van der Waals surface area (Å²) in [5.74, 6) is 1.86. The molecule has 5 nitrogen and oxygen atoms in total. The number of carbonyl (C=O) groups excluding carboxylic acids is 1. The molecule has 1 aromatic rings. The highest BCUT2D eigenvalue weighted by atomic mass is 32.1. The van der Waals surface area contributed by atoms with Gasteiger partial charge in [-0.3, -0.25) is 4.79 Å². The molecule has 6 heteroatoms. The Kier molecular flexibility index (Phi) is 3.13. The minimum atomic E-state index is -0.00525. The zero-order valence-corrected chi connectivity index (χ0v) is 10.9. The number of thiophene rings is 1. The van der Waals surface area contributed by atoms with Gasteiger partial charge in [0, 0.05) is 37.4 Å². The summed E-state index contributed by atoms with van der Waals surface area (Å²) in [5, 5.41) is 1.97. The first-order valence-electron chi connectivity index (χ1n) is 6.13. The standard InChI is InChI=1S/C12H16N2O3S/c13-8-5-11(15)14(6-8)2-1-10-12-9(7-18-10)16-3-4-17-12/h7-8H,1-6,13H2. The summed E-state index contributed by atoms with van der Waals surface area (Å²) in [7, 11) is 0. The van der Waals surface area contributed by atoms with Gasteiger partial charge in [-0.1, -0.05) is 0 Å². The lowest BCUT2D eigenvalue weighted by molar-refractivity contribution is -0.127. The average Bonchev–Trinajstić information content (AvgIpc) is 2.90. The fourth-order valence-electron chi connectivity index (χ4n) is 2.34. The van der Waals surface area contributed by atoms with Gasteiger partial charge in [0.15, 0.2) is 11.5 Å². The maximum atomic E-state index is 11.6. The summed E-state index contributed by atoms with van der Waals surface area (Å²) in [6.07, 6.45) is 1.28. The summed E-state index contributed by atoms with van der Waals surface area (Å²) in [5.41, 5.74) is 5.77. The second kappa shape index (κ2) is 4.78. The van der Waals surface area contributed by atoms with E-state index in [0.29, 0.717) is 32.7 Å². The topological polar surface area (TPSA) is 64.8 Å².